The zero-order valence-electron chi connectivity index (χ0n) is 27.9. The van der Waals surface area contributed by atoms with Crippen molar-refractivity contribution in [3.05, 3.63) is 107 Å². The zero-order chi connectivity index (χ0) is 32.8. The van der Waals surface area contributed by atoms with E-state index in [0.29, 0.717) is 11.5 Å². The van der Waals surface area contributed by atoms with Gasteiger partial charge in [-0.15, -0.1) is 5.06 Å². The number of para-hydroxylation sites is 2. The fourth-order valence-electron chi connectivity index (χ4n) is 8.30. The summed E-state index contributed by atoms with van der Waals surface area (Å²) in [6.45, 7) is 9.11. The lowest BCUT2D eigenvalue weighted by Crippen LogP contribution is -2.33. The minimum Gasteiger partial charge on any atom is -0.347 e. The van der Waals surface area contributed by atoms with E-state index in [-0.39, 0.29) is 30.1 Å². The molecule has 2 amide bonds. The van der Waals surface area contributed by atoms with E-state index in [4.69, 9.17) is 4.84 Å². The second kappa shape index (κ2) is 12.3. The third kappa shape index (κ3) is 5.53. The van der Waals surface area contributed by atoms with Gasteiger partial charge in [0.15, 0.2) is 0 Å². The summed E-state index contributed by atoms with van der Waals surface area (Å²) in [5.41, 5.74) is 11.0. The van der Waals surface area contributed by atoms with E-state index in [1.54, 1.807) is 0 Å². The Kier molecular flexibility index (Phi) is 8.19. The van der Waals surface area contributed by atoms with Crippen LogP contribution in [-0.2, 0) is 42.9 Å². The molecule has 7 nitrogen and oxygen atoms in total. The van der Waals surface area contributed by atoms with Crippen molar-refractivity contribution in [3.63, 3.8) is 0 Å². The summed E-state index contributed by atoms with van der Waals surface area (Å²) in [6.07, 6.45) is 20.6. The highest BCUT2D eigenvalue weighted by Gasteiger charge is 2.42. The number of carbonyl (C=O) groups is 3. The van der Waals surface area contributed by atoms with Crippen molar-refractivity contribution >= 4 is 29.2 Å². The third-order valence-electron chi connectivity index (χ3n) is 10.9. The first kappa shape index (κ1) is 31.2. The molecule has 0 N–H and O–H groups in total. The minimum absolute atomic E-state index is 0.0227. The number of allylic oxidation sites excluding steroid dienone is 7. The average molecular weight is 632 g/mol. The molecule has 1 atom stereocenters. The van der Waals surface area contributed by atoms with Crippen LogP contribution in [0.2, 0.25) is 0 Å². The van der Waals surface area contributed by atoms with E-state index in [1.165, 1.54) is 51.3 Å². The summed E-state index contributed by atoms with van der Waals surface area (Å²) in [4.78, 5) is 45.9. The maximum Gasteiger partial charge on any atom is 0.333 e. The number of carbonyl (C=O) groups excluding carboxylic acids is 3. The van der Waals surface area contributed by atoms with Crippen LogP contribution in [0.25, 0.3) is 0 Å². The molecule has 5 aliphatic rings. The van der Waals surface area contributed by atoms with E-state index in [0.717, 1.165) is 45.2 Å². The van der Waals surface area contributed by atoms with E-state index in [2.05, 4.69) is 104 Å². The van der Waals surface area contributed by atoms with Crippen LogP contribution in [0.15, 0.2) is 84.2 Å². The van der Waals surface area contributed by atoms with E-state index < -0.39 is 17.8 Å². The third-order valence-corrected chi connectivity index (χ3v) is 10.9. The number of imide groups is 1. The molecule has 1 fully saturated rings. The SMILES string of the molecule is CC1(C)C(=CC=CC=CC2=CN3CCc4cccc(c43)C2(C)CCCCCC(=O)ON2C(=O)CCC2=O)N2CCCc3cccc1c32. The molecule has 7 heteroatoms. The smallest absolute Gasteiger partial charge is 0.333 e. The van der Waals surface area contributed by atoms with Gasteiger partial charge < -0.3 is 14.6 Å². The van der Waals surface area contributed by atoms with Crippen molar-refractivity contribution in [3.8, 4) is 0 Å². The zero-order valence-corrected chi connectivity index (χ0v) is 27.9. The van der Waals surface area contributed by atoms with Gasteiger partial charge in [-0.25, -0.2) is 4.79 Å². The Hall–Kier alpha value is -4.39. The molecule has 244 valence electrons. The van der Waals surface area contributed by atoms with Crippen LogP contribution < -0.4 is 9.80 Å². The molecule has 0 aliphatic carbocycles. The summed E-state index contributed by atoms with van der Waals surface area (Å²) in [5.74, 6) is -1.40. The predicted octanol–water partition coefficient (Wildman–Crippen LogP) is 7.50. The Morgan fingerprint density at radius 2 is 1.57 bits per heavy atom. The van der Waals surface area contributed by atoms with Gasteiger partial charge in [-0.2, -0.15) is 0 Å². The number of nitrogens with zero attached hydrogens (tertiary/aromatic N) is 3. The molecular weight excluding hydrogens is 586 g/mol. The van der Waals surface area contributed by atoms with Crippen LogP contribution >= 0.6 is 0 Å². The standard InChI is InChI=1S/C40H45N3O4/c1-39(2)31-17-10-13-28-15-12-25-42(38(28)31)33(39)19-7-4-6-16-30-27-41-26-23-29-14-11-18-32(37(29)41)40(30,3)24-9-5-8-20-36(46)47-43-34(44)21-22-35(43)45/h4,6-7,10-11,13-14,16-19,27H,5,8-9,12,15,20-26H2,1-3H3. The van der Waals surface area contributed by atoms with Crippen LogP contribution in [-0.4, -0.2) is 35.9 Å². The van der Waals surface area contributed by atoms with Crippen LogP contribution in [0.4, 0.5) is 11.4 Å². The number of amides is 2. The monoisotopic (exact) mass is 631 g/mol. The number of hydrogen-bond donors (Lipinski definition) is 0. The van der Waals surface area contributed by atoms with Gasteiger partial charge in [-0.3, -0.25) is 9.59 Å². The first-order chi connectivity index (χ1) is 22.7. The van der Waals surface area contributed by atoms with Gasteiger partial charge in [0.25, 0.3) is 11.8 Å². The summed E-state index contributed by atoms with van der Waals surface area (Å²) in [7, 11) is 0. The fourth-order valence-corrected chi connectivity index (χ4v) is 8.30. The molecule has 5 heterocycles. The van der Waals surface area contributed by atoms with Crippen molar-refractivity contribution in [1.29, 1.82) is 0 Å². The molecule has 0 spiro atoms. The molecule has 0 saturated carbocycles. The quantitative estimate of drug-likeness (QED) is 0.154. The first-order valence-corrected chi connectivity index (χ1v) is 17.3. The first-order valence-electron chi connectivity index (χ1n) is 17.3. The maximum atomic E-state index is 12.3. The molecule has 1 saturated heterocycles. The number of anilines is 2. The molecule has 2 aromatic rings. The summed E-state index contributed by atoms with van der Waals surface area (Å²) in [5, 5.41) is 0.637. The van der Waals surface area contributed by atoms with Gasteiger partial charge >= 0.3 is 5.97 Å². The molecule has 7 rings (SSSR count). The number of hydroxylamine groups is 2. The maximum absolute atomic E-state index is 12.3. The van der Waals surface area contributed by atoms with Crippen LogP contribution in [0, 0.1) is 0 Å². The normalized spacial score (nSPS) is 23.3. The molecule has 0 aromatic heterocycles. The summed E-state index contributed by atoms with van der Waals surface area (Å²) >= 11 is 0. The summed E-state index contributed by atoms with van der Waals surface area (Å²) < 4.78 is 0. The van der Waals surface area contributed by atoms with Crippen molar-refractivity contribution in [2.24, 2.45) is 0 Å². The highest BCUT2D eigenvalue weighted by Crippen LogP contribution is 2.51. The molecule has 47 heavy (non-hydrogen) atoms. The molecule has 0 bridgehead atoms. The fraction of sp³-hybridized carbons (Fsp3) is 0.425. The molecule has 1 unspecified atom stereocenters. The number of unbranched alkanes of at least 4 members (excludes halogenated alkanes) is 2. The molecule has 0 radical (unpaired) electrons. The van der Waals surface area contributed by atoms with Crippen LogP contribution in [0.1, 0.15) is 94.4 Å². The van der Waals surface area contributed by atoms with E-state index in [1.807, 2.05) is 0 Å². The highest BCUT2D eigenvalue weighted by atomic mass is 16.7. The van der Waals surface area contributed by atoms with E-state index in [9.17, 15) is 14.4 Å². The second-order valence-electron chi connectivity index (χ2n) is 14.3. The Morgan fingerprint density at radius 3 is 2.36 bits per heavy atom. The predicted molar refractivity (Wildman–Crippen MR) is 185 cm³/mol. The van der Waals surface area contributed by atoms with Crippen LogP contribution in [0.3, 0.4) is 0 Å². The van der Waals surface area contributed by atoms with Gasteiger partial charge in [-0.05, 0) is 66.0 Å². The Morgan fingerprint density at radius 1 is 0.830 bits per heavy atom. The molecule has 5 aliphatic heterocycles. The number of rotatable bonds is 10. The van der Waals surface area contributed by atoms with Crippen molar-refractivity contribution in [2.45, 2.75) is 95.8 Å². The van der Waals surface area contributed by atoms with Gasteiger partial charge in [-0.1, -0.05) is 94.3 Å². The lowest BCUT2D eigenvalue weighted by atomic mass is 9.69. The van der Waals surface area contributed by atoms with Crippen molar-refractivity contribution in [2.75, 3.05) is 22.9 Å². The average Bonchev–Trinajstić information content (AvgIpc) is 3.69. The Labute approximate surface area is 278 Å². The van der Waals surface area contributed by atoms with Gasteiger partial charge in [0.1, 0.15) is 0 Å². The van der Waals surface area contributed by atoms with Gasteiger partial charge in [0.2, 0.25) is 0 Å². The Balaban J connectivity index is 1.04. The minimum atomic E-state index is -0.523. The topological polar surface area (TPSA) is 70.2 Å². The second-order valence-corrected chi connectivity index (χ2v) is 14.3. The van der Waals surface area contributed by atoms with E-state index >= 15 is 0 Å². The number of aryl methyl sites for hydroxylation is 1. The number of benzene rings is 2. The molecular formula is C40H45N3O4. The lowest BCUT2D eigenvalue weighted by molar-refractivity contribution is -0.197. The van der Waals surface area contributed by atoms with Crippen molar-refractivity contribution < 1.29 is 19.2 Å². The number of hydrogen-bond acceptors (Lipinski definition) is 6. The molecule has 2 aromatic carbocycles. The van der Waals surface area contributed by atoms with Gasteiger partial charge in [0, 0.05) is 66.5 Å². The lowest BCUT2D eigenvalue weighted by Gasteiger charge is -2.40. The largest absolute Gasteiger partial charge is 0.347 e. The Bertz CT molecular complexity index is 1730. The van der Waals surface area contributed by atoms with Crippen molar-refractivity contribution in [1.82, 2.24) is 5.06 Å². The highest BCUT2D eigenvalue weighted by molar-refractivity contribution is 6.01. The van der Waals surface area contributed by atoms with Gasteiger partial charge in [0.05, 0.1) is 0 Å². The van der Waals surface area contributed by atoms with Crippen LogP contribution in [0.5, 0.6) is 0 Å². The summed E-state index contributed by atoms with van der Waals surface area (Å²) in [6, 6.07) is 13.5.